The van der Waals surface area contributed by atoms with E-state index >= 15 is 0 Å². The second-order valence-electron chi connectivity index (χ2n) is 7.34. The van der Waals surface area contributed by atoms with Gasteiger partial charge in [-0.25, -0.2) is 9.78 Å². The number of benzene rings is 2. The minimum Gasteiger partial charge on any atom is -0.478 e. The molecule has 0 aliphatic rings. The van der Waals surface area contributed by atoms with Crippen LogP contribution in [0.1, 0.15) is 40.9 Å². The molecular formula is C25H21N5O3S. The smallest absolute Gasteiger partial charge is 0.335 e. The molecule has 0 saturated heterocycles. The number of thioether (sulfide) groups is 1. The number of hydrogen-bond donors (Lipinski definition) is 3. The van der Waals surface area contributed by atoms with Crippen molar-refractivity contribution in [2.75, 3.05) is 11.1 Å². The molecular weight excluding hydrogens is 450 g/mol. The third kappa shape index (κ3) is 5.17. The number of aromatic nitrogens is 1. The van der Waals surface area contributed by atoms with E-state index in [0.29, 0.717) is 16.8 Å². The van der Waals surface area contributed by atoms with Crippen molar-refractivity contribution in [1.29, 1.82) is 10.5 Å². The molecule has 0 aliphatic carbocycles. The van der Waals surface area contributed by atoms with Gasteiger partial charge in [-0.05, 0) is 42.7 Å². The molecule has 0 saturated carbocycles. The molecule has 8 nitrogen and oxygen atoms in total. The summed E-state index contributed by atoms with van der Waals surface area (Å²) in [4.78, 5) is 28.2. The second kappa shape index (κ2) is 10.5. The van der Waals surface area contributed by atoms with Crippen molar-refractivity contribution in [3.05, 3.63) is 70.8 Å². The molecule has 0 radical (unpaired) electrons. The largest absolute Gasteiger partial charge is 0.478 e. The summed E-state index contributed by atoms with van der Waals surface area (Å²) in [5, 5.41) is 30.9. The lowest BCUT2D eigenvalue weighted by atomic mass is 9.96. The van der Waals surface area contributed by atoms with Crippen LogP contribution in [0.25, 0.3) is 11.1 Å². The van der Waals surface area contributed by atoms with Gasteiger partial charge in [0.1, 0.15) is 28.5 Å². The van der Waals surface area contributed by atoms with Crippen LogP contribution in [0.15, 0.2) is 53.6 Å². The monoisotopic (exact) mass is 471 g/mol. The van der Waals surface area contributed by atoms with E-state index in [2.05, 4.69) is 16.4 Å². The number of rotatable bonds is 7. The van der Waals surface area contributed by atoms with Gasteiger partial charge < -0.3 is 16.2 Å². The van der Waals surface area contributed by atoms with Gasteiger partial charge in [0.05, 0.1) is 16.4 Å². The van der Waals surface area contributed by atoms with Crippen molar-refractivity contribution < 1.29 is 14.7 Å². The lowest BCUT2D eigenvalue weighted by Crippen LogP contribution is -2.23. The summed E-state index contributed by atoms with van der Waals surface area (Å²) in [5.41, 5.74) is 8.84. The minimum absolute atomic E-state index is 0.0275. The standard InChI is InChI=1S/C25H21N5O3S/c1-3-15-7-9-16(10-8-15)21-19(12-26)22(28)30-24(20(21)13-27)34-14(2)23(31)29-18-6-4-5-17(11-18)25(32)33/h4-11,14H,3H2,1-2H3,(H2,28,30)(H,29,31)(H,32,33). The topological polar surface area (TPSA) is 153 Å². The highest BCUT2D eigenvalue weighted by molar-refractivity contribution is 8.00. The Balaban J connectivity index is 1.95. The van der Waals surface area contributed by atoms with Crippen molar-refractivity contribution in [3.63, 3.8) is 0 Å². The lowest BCUT2D eigenvalue weighted by Gasteiger charge is -2.16. The quantitative estimate of drug-likeness (QED) is 0.427. The average molecular weight is 472 g/mol. The van der Waals surface area contributed by atoms with E-state index in [1.807, 2.05) is 37.3 Å². The van der Waals surface area contributed by atoms with Gasteiger partial charge >= 0.3 is 5.97 Å². The molecule has 9 heteroatoms. The summed E-state index contributed by atoms with van der Waals surface area (Å²) in [6, 6.07) is 17.5. The Hall–Kier alpha value is -4.34. The zero-order chi connectivity index (χ0) is 24.8. The predicted molar refractivity (Wildman–Crippen MR) is 130 cm³/mol. The molecule has 2 aromatic carbocycles. The number of nitrogens with zero attached hydrogens (tertiary/aromatic N) is 3. The first-order valence-electron chi connectivity index (χ1n) is 10.3. The number of nitrogens with two attached hydrogens (primary N) is 1. The minimum atomic E-state index is -1.10. The molecule has 1 unspecified atom stereocenters. The summed E-state index contributed by atoms with van der Waals surface area (Å²) >= 11 is 1.03. The van der Waals surface area contributed by atoms with Crippen molar-refractivity contribution in [1.82, 2.24) is 4.98 Å². The van der Waals surface area contributed by atoms with Gasteiger partial charge in [0, 0.05) is 11.3 Å². The van der Waals surface area contributed by atoms with Crippen LogP contribution in [0.4, 0.5) is 11.5 Å². The number of pyridine rings is 1. The highest BCUT2D eigenvalue weighted by Crippen LogP contribution is 2.37. The Morgan fingerprint density at radius 1 is 1.15 bits per heavy atom. The summed E-state index contributed by atoms with van der Waals surface area (Å²) in [6.45, 7) is 3.66. The zero-order valence-electron chi connectivity index (χ0n) is 18.5. The average Bonchev–Trinajstić information content (AvgIpc) is 2.83. The molecule has 0 spiro atoms. The molecule has 1 heterocycles. The normalized spacial score (nSPS) is 11.2. The Kier molecular flexibility index (Phi) is 7.52. The molecule has 1 aromatic heterocycles. The Morgan fingerprint density at radius 2 is 1.82 bits per heavy atom. The summed E-state index contributed by atoms with van der Waals surface area (Å²) in [5.74, 6) is -1.54. The Morgan fingerprint density at radius 3 is 2.41 bits per heavy atom. The van der Waals surface area contributed by atoms with Crippen molar-refractivity contribution in [2.45, 2.75) is 30.5 Å². The first-order valence-corrected chi connectivity index (χ1v) is 11.2. The molecule has 0 bridgehead atoms. The van der Waals surface area contributed by atoms with Gasteiger partial charge in [-0.3, -0.25) is 4.79 Å². The molecule has 1 amide bonds. The highest BCUT2D eigenvalue weighted by atomic mass is 32.2. The molecule has 0 fully saturated rings. The number of nitrogen functional groups attached to an aromatic ring is 1. The van der Waals surface area contributed by atoms with E-state index in [9.17, 15) is 20.1 Å². The maximum atomic E-state index is 12.8. The highest BCUT2D eigenvalue weighted by Gasteiger charge is 2.24. The van der Waals surface area contributed by atoms with Crippen LogP contribution < -0.4 is 11.1 Å². The van der Waals surface area contributed by atoms with Crippen LogP contribution in [0.5, 0.6) is 0 Å². The third-order valence-corrected chi connectivity index (χ3v) is 6.19. The number of carboxylic acids is 1. The first kappa shape index (κ1) is 24.3. The third-order valence-electron chi connectivity index (χ3n) is 5.10. The second-order valence-corrected chi connectivity index (χ2v) is 8.67. The SMILES string of the molecule is CCc1ccc(-c2c(C#N)c(N)nc(SC(C)C(=O)Nc3cccc(C(=O)O)c3)c2C#N)cc1. The number of anilines is 2. The molecule has 4 N–H and O–H groups in total. The molecule has 0 aliphatic heterocycles. The van der Waals surface area contributed by atoms with E-state index in [0.717, 1.165) is 23.7 Å². The van der Waals surface area contributed by atoms with E-state index in [4.69, 9.17) is 10.8 Å². The Labute approximate surface area is 201 Å². The fourth-order valence-electron chi connectivity index (χ4n) is 3.27. The number of amides is 1. The van der Waals surface area contributed by atoms with Crippen LogP contribution in [-0.2, 0) is 11.2 Å². The fraction of sp³-hybridized carbons (Fsp3) is 0.160. The van der Waals surface area contributed by atoms with Crippen LogP contribution in [0.3, 0.4) is 0 Å². The summed E-state index contributed by atoms with van der Waals surface area (Å²) in [6.07, 6.45) is 0.845. The number of carbonyl (C=O) groups is 2. The van der Waals surface area contributed by atoms with Gasteiger partial charge in [0.25, 0.3) is 0 Å². The number of carbonyl (C=O) groups excluding carboxylic acids is 1. The van der Waals surface area contributed by atoms with Crippen LogP contribution in [-0.4, -0.2) is 27.2 Å². The number of nitriles is 2. The first-order chi connectivity index (χ1) is 16.3. The summed E-state index contributed by atoms with van der Waals surface area (Å²) in [7, 11) is 0. The van der Waals surface area contributed by atoms with E-state index in [1.165, 1.54) is 18.2 Å². The van der Waals surface area contributed by atoms with Gasteiger partial charge in [0.15, 0.2) is 0 Å². The molecule has 1 atom stereocenters. The number of aromatic carboxylic acids is 1. The zero-order valence-corrected chi connectivity index (χ0v) is 19.3. The maximum Gasteiger partial charge on any atom is 0.335 e. The van der Waals surface area contributed by atoms with Gasteiger partial charge in [0.2, 0.25) is 5.91 Å². The molecule has 34 heavy (non-hydrogen) atoms. The van der Waals surface area contributed by atoms with E-state index in [1.54, 1.807) is 13.0 Å². The predicted octanol–water partition coefficient (Wildman–Crippen LogP) is 4.45. The molecule has 3 rings (SSSR count). The number of nitrogens with one attached hydrogen (secondary N) is 1. The van der Waals surface area contributed by atoms with Gasteiger partial charge in [-0.1, -0.05) is 49.0 Å². The summed E-state index contributed by atoms with van der Waals surface area (Å²) < 4.78 is 0. The van der Waals surface area contributed by atoms with Crippen LogP contribution in [0, 0.1) is 22.7 Å². The molecule has 3 aromatic rings. The van der Waals surface area contributed by atoms with Gasteiger partial charge in [-0.2, -0.15) is 10.5 Å². The number of carboxylic acid groups (broad SMARTS) is 1. The van der Waals surface area contributed by atoms with Crippen molar-refractivity contribution >= 4 is 35.1 Å². The number of aryl methyl sites for hydroxylation is 1. The maximum absolute atomic E-state index is 12.8. The Bertz CT molecular complexity index is 1340. The van der Waals surface area contributed by atoms with Crippen molar-refractivity contribution in [3.8, 4) is 23.3 Å². The van der Waals surface area contributed by atoms with E-state index in [-0.39, 0.29) is 27.5 Å². The molecule has 170 valence electrons. The lowest BCUT2D eigenvalue weighted by molar-refractivity contribution is -0.115. The fourth-order valence-corrected chi connectivity index (χ4v) is 4.19. The van der Waals surface area contributed by atoms with E-state index < -0.39 is 17.1 Å². The van der Waals surface area contributed by atoms with Crippen molar-refractivity contribution in [2.24, 2.45) is 0 Å². The van der Waals surface area contributed by atoms with Crippen LogP contribution >= 0.6 is 11.8 Å². The number of hydrogen-bond acceptors (Lipinski definition) is 7. The van der Waals surface area contributed by atoms with Crippen LogP contribution in [0.2, 0.25) is 0 Å². The van der Waals surface area contributed by atoms with Gasteiger partial charge in [-0.15, -0.1) is 0 Å².